The van der Waals surface area contributed by atoms with Gasteiger partial charge in [0.15, 0.2) is 56.2 Å². The number of nitrogens with zero attached hydrogens (tertiary/aromatic N) is 2. The summed E-state index contributed by atoms with van der Waals surface area (Å²) in [5.74, 6) is -22.2. The lowest BCUT2D eigenvalue weighted by molar-refractivity contribution is 0.381. The second-order valence-corrected chi connectivity index (χ2v) is 7.49. The molecule has 0 spiro atoms. The maximum atomic E-state index is 13.9. The predicted octanol–water partition coefficient (Wildman–Crippen LogP) is 6.48. The van der Waals surface area contributed by atoms with E-state index >= 15 is 0 Å². The van der Waals surface area contributed by atoms with Gasteiger partial charge < -0.3 is 0 Å². The summed E-state index contributed by atoms with van der Waals surface area (Å²) in [6.07, 6.45) is 0. The van der Waals surface area contributed by atoms with Gasteiger partial charge in [-0.2, -0.15) is 0 Å². The van der Waals surface area contributed by atoms with Gasteiger partial charge in [-0.15, -0.1) is 0 Å². The van der Waals surface area contributed by atoms with Crippen molar-refractivity contribution in [2.45, 2.75) is 0 Å². The number of hydrogen-bond donors (Lipinski definition) is 0. The Kier molecular flexibility index (Phi) is 4.73. The lowest BCUT2D eigenvalue weighted by Crippen LogP contribution is -2.04. The minimum absolute atomic E-state index is 0.287. The van der Waals surface area contributed by atoms with Crippen LogP contribution in [0.2, 0.25) is 0 Å². The van der Waals surface area contributed by atoms with Crippen LogP contribution in [-0.4, -0.2) is 9.97 Å². The maximum absolute atomic E-state index is 13.9. The fraction of sp³-hybridized carbons (Fsp3) is 0. The minimum Gasteiger partial charge on any atom is -0.223 e. The summed E-state index contributed by atoms with van der Waals surface area (Å²) in [4.78, 5) is 6.65. The molecule has 0 saturated carbocycles. The van der Waals surface area contributed by atoms with Crippen molar-refractivity contribution in [1.29, 1.82) is 0 Å². The first-order chi connectivity index (χ1) is 14.0. The highest BCUT2D eigenvalue weighted by atomic mass is 32.1. The molecule has 2 heterocycles. The lowest BCUT2D eigenvalue weighted by atomic mass is 10.2. The van der Waals surface area contributed by atoms with Crippen LogP contribution in [0.3, 0.4) is 0 Å². The van der Waals surface area contributed by atoms with Crippen LogP contribution in [0.1, 0.15) is 0 Å². The molecule has 2 nitrogen and oxygen atoms in total. The van der Waals surface area contributed by atoms with Gasteiger partial charge in [0.2, 0.25) is 11.6 Å². The molecule has 2 aromatic heterocycles. The third-order valence-corrected chi connectivity index (χ3v) is 5.89. The Bertz CT molecular complexity index is 1170. The average Bonchev–Trinajstić information content (AvgIpc) is 3.27. The fourth-order valence-electron chi connectivity index (χ4n) is 2.44. The molecule has 4 rings (SSSR count). The van der Waals surface area contributed by atoms with Gasteiger partial charge in [-0.05, 0) is 0 Å². The molecule has 0 unspecified atom stereocenters. The van der Waals surface area contributed by atoms with Gasteiger partial charge in [-0.1, -0.05) is 22.7 Å². The topological polar surface area (TPSA) is 25.8 Å². The van der Waals surface area contributed by atoms with Crippen molar-refractivity contribution in [1.82, 2.24) is 9.97 Å². The van der Waals surface area contributed by atoms with Crippen molar-refractivity contribution in [2.24, 2.45) is 0 Å². The van der Waals surface area contributed by atoms with Crippen LogP contribution in [0, 0.1) is 58.2 Å². The van der Waals surface area contributed by atoms with E-state index < -0.39 is 79.3 Å². The first-order valence-corrected chi connectivity index (χ1v) is 8.98. The Morgan fingerprint density at radius 1 is 0.367 bits per heavy atom. The number of rotatable bonds is 2. The van der Waals surface area contributed by atoms with E-state index in [4.69, 9.17) is 0 Å². The van der Waals surface area contributed by atoms with Crippen molar-refractivity contribution in [2.75, 3.05) is 0 Å². The van der Waals surface area contributed by atoms with Crippen LogP contribution >= 0.6 is 22.7 Å². The second kappa shape index (κ2) is 6.91. The highest BCUT2D eigenvalue weighted by molar-refractivity contribution is 7.29. The van der Waals surface area contributed by atoms with Crippen molar-refractivity contribution in [3.63, 3.8) is 0 Å². The highest BCUT2D eigenvalue weighted by Gasteiger charge is 2.31. The summed E-state index contributed by atoms with van der Waals surface area (Å²) in [6.45, 7) is 0. The zero-order chi connectivity index (χ0) is 22.1. The number of benzene rings is 2. The SMILES string of the molecule is Fc1c(F)c(F)c(-c2nc3sc(-c4c(F)c(F)c(F)c(F)c4F)nc3s2)c(F)c1F. The monoisotopic (exact) mass is 474 g/mol. The van der Waals surface area contributed by atoms with Crippen molar-refractivity contribution in [3.8, 4) is 21.1 Å². The summed E-state index contributed by atoms with van der Waals surface area (Å²) in [7, 11) is 0. The molecule has 0 radical (unpaired) electrons. The van der Waals surface area contributed by atoms with Crippen LogP contribution < -0.4 is 0 Å². The first-order valence-electron chi connectivity index (χ1n) is 7.35. The van der Waals surface area contributed by atoms with Gasteiger partial charge in [0.1, 0.15) is 10.0 Å². The van der Waals surface area contributed by atoms with Gasteiger partial charge in [0.05, 0.1) is 11.1 Å². The Balaban J connectivity index is 1.89. The summed E-state index contributed by atoms with van der Waals surface area (Å²) < 4.78 is 135. The third-order valence-electron chi connectivity index (χ3n) is 3.82. The molecule has 0 aliphatic carbocycles. The van der Waals surface area contributed by atoms with Crippen LogP contribution in [0.25, 0.3) is 30.8 Å². The third kappa shape index (κ3) is 2.77. The Morgan fingerprint density at radius 2 is 0.600 bits per heavy atom. The normalized spacial score (nSPS) is 11.7. The molecule has 0 aliphatic rings. The van der Waals surface area contributed by atoms with Gasteiger partial charge in [-0.25, -0.2) is 53.9 Å². The number of fused-ring (bicyclic) bond motifs is 1. The number of halogens is 10. The summed E-state index contributed by atoms with van der Waals surface area (Å²) in [6, 6.07) is 0. The molecule has 0 fully saturated rings. The van der Waals surface area contributed by atoms with Crippen LogP contribution in [0.4, 0.5) is 43.9 Å². The molecule has 2 aromatic carbocycles. The summed E-state index contributed by atoms with van der Waals surface area (Å²) in [5.41, 5.74) is -2.70. The van der Waals surface area contributed by atoms with E-state index in [1.807, 2.05) is 0 Å². The zero-order valence-corrected chi connectivity index (χ0v) is 15.1. The van der Waals surface area contributed by atoms with Gasteiger partial charge >= 0.3 is 0 Å². The molecule has 30 heavy (non-hydrogen) atoms. The van der Waals surface area contributed by atoms with E-state index in [0.717, 1.165) is 0 Å². The molecule has 0 atom stereocenters. The Labute approximate surface area is 166 Å². The van der Waals surface area contributed by atoms with Gasteiger partial charge in [-0.3, -0.25) is 0 Å². The van der Waals surface area contributed by atoms with E-state index in [9.17, 15) is 43.9 Å². The molecule has 156 valence electrons. The van der Waals surface area contributed by atoms with Gasteiger partial charge in [0.25, 0.3) is 0 Å². The number of aromatic nitrogens is 2. The van der Waals surface area contributed by atoms with E-state index in [0.29, 0.717) is 0 Å². The van der Waals surface area contributed by atoms with Crippen LogP contribution in [0.5, 0.6) is 0 Å². The fourth-order valence-corrected chi connectivity index (χ4v) is 4.55. The summed E-state index contributed by atoms with van der Waals surface area (Å²) >= 11 is 0.573. The molecule has 0 amide bonds. The van der Waals surface area contributed by atoms with E-state index in [-0.39, 0.29) is 32.3 Å². The van der Waals surface area contributed by atoms with E-state index in [1.54, 1.807) is 0 Å². The molecule has 0 bridgehead atoms. The molecular formula is C16F10N2S2. The lowest BCUT2D eigenvalue weighted by Gasteiger charge is -2.05. The Hall–Kier alpha value is -2.74. The van der Waals surface area contributed by atoms with Crippen molar-refractivity contribution in [3.05, 3.63) is 58.2 Å². The van der Waals surface area contributed by atoms with E-state index in [2.05, 4.69) is 9.97 Å². The molecule has 0 saturated heterocycles. The molecular weight excluding hydrogens is 474 g/mol. The molecule has 14 heteroatoms. The molecule has 4 aromatic rings. The van der Waals surface area contributed by atoms with Crippen molar-refractivity contribution < 1.29 is 43.9 Å². The smallest absolute Gasteiger partial charge is 0.200 e. The molecule has 0 N–H and O–H groups in total. The summed E-state index contributed by atoms with van der Waals surface area (Å²) in [5, 5.41) is -1.39. The second-order valence-electron chi connectivity index (χ2n) is 5.54. The zero-order valence-electron chi connectivity index (χ0n) is 13.5. The minimum atomic E-state index is -2.38. The number of hydrogen-bond acceptors (Lipinski definition) is 4. The first kappa shape index (κ1) is 20.5. The largest absolute Gasteiger partial charge is 0.223 e. The van der Waals surface area contributed by atoms with Gasteiger partial charge in [0, 0.05) is 0 Å². The van der Waals surface area contributed by atoms with Crippen LogP contribution in [0.15, 0.2) is 0 Å². The Morgan fingerprint density at radius 3 is 0.867 bits per heavy atom. The predicted molar refractivity (Wildman–Crippen MR) is 85.7 cm³/mol. The van der Waals surface area contributed by atoms with E-state index in [1.165, 1.54) is 0 Å². The average molecular weight is 474 g/mol. The number of thiazole rings is 2. The van der Waals surface area contributed by atoms with Crippen molar-refractivity contribution >= 4 is 32.3 Å². The standard InChI is InChI=1S/C16F10N2S2/c17-3-1(4(18)8(22)11(25)7(3)21)13-27-15-16(29-13)28-14(30-15)2-5(19)9(23)12(26)10(24)6(2)20. The maximum Gasteiger partial charge on any atom is 0.200 e. The molecule has 0 aliphatic heterocycles. The quantitative estimate of drug-likeness (QED) is 0.189. The van der Waals surface area contributed by atoms with Crippen LogP contribution in [-0.2, 0) is 0 Å². The highest BCUT2D eigenvalue weighted by Crippen LogP contribution is 2.41.